The first-order chi connectivity index (χ1) is 19.4. The van der Waals surface area contributed by atoms with Crippen LogP contribution in [0.2, 0.25) is 0 Å². The quantitative estimate of drug-likeness (QED) is 0.197. The van der Waals surface area contributed by atoms with Gasteiger partial charge in [0.1, 0.15) is 11.6 Å². The fourth-order valence-corrected chi connectivity index (χ4v) is 6.48. The smallest absolute Gasteiger partial charge is 0.166 e. The number of aliphatic hydroxyl groups excluding tert-OH is 1. The van der Waals surface area contributed by atoms with Crippen molar-refractivity contribution in [2.75, 3.05) is 6.61 Å². The molecular weight excluding hydrogens is 509 g/mol. The second-order valence-electron chi connectivity index (χ2n) is 11.7. The molecule has 2 aliphatic rings. The molecule has 2 aliphatic carbocycles. The Bertz CT molecular complexity index is 1150. The molecule has 0 bridgehead atoms. The van der Waals surface area contributed by atoms with Crippen LogP contribution in [0, 0.1) is 29.3 Å². The van der Waals surface area contributed by atoms with Gasteiger partial charge in [-0.1, -0.05) is 43.7 Å². The van der Waals surface area contributed by atoms with Crippen LogP contribution >= 0.6 is 0 Å². The fraction of sp³-hybridized carbons (Fsp3) is 0.543. The van der Waals surface area contributed by atoms with Gasteiger partial charge in [0.15, 0.2) is 11.6 Å². The van der Waals surface area contributed by atoms with Crippen molar-refractivity contribution in [3.8, 4) is 5.75 Å². The lowest BCUT2D eigenvalue weighted by Crippen LogP contribution is -2.22. The van der Waals surface area contributed by atoms with Crippen LogP contribution in [-0.2, 0) is 6.42 Å². The highest BCUT2D eigenvalue weighted by Gasteiger charge is 2.26. The van der Waals surface area contributed by atoms with Crippen molar-refractivity contribution >= 4 is 5.57 Å². The molecule has 0 heterocycles. The topological polar surface area (TPSA) is 29.5 Å². The molecule has 1 fully saturated rings. The van der Waals surface area contributed by atoms with Crippen LogP contribution in [0.3, 0.4) is 0 Å². The van der Waals surface area contributed by atoms with Gasteiger partial charge in [-0.2, -0.15) is 0 Å². The van der Waals surface area contributed by atoms with Gasteiger partial charge in [0.25, 0.3) is 0 Å². The minimum atomic E-state index is -0.747. The highest BCUT2D eigenvalue weighted by Crippen LogP contribution is 2.40. The maximum absolute atomic E-state index is 15.1. The van der Waals surface area contributed by atoms with Crippen molar-refractivity contribution in [3.05, 3.63) is 83.2 Å². The molecule has 0 aromatic heterocycles. The molecule has 2 unspecified atom stereocenters. The lowest BCUT2D eigenvalue weighted by molar-refractivity contribution is 0.0934. The van der Waals surface area contributed by atoms with E-state index in [4.69, 9.17) is 4.74 Å². The molecule has 0 spiro atoms. The number of unbranched alkanes of at least 4 members (excludes halogenated alkanes) is 1. The van der Waals surface area contributed by atoms with Gasteiger partial charge >= 0.3 is 0 Å². The second-order valence-corrected chi connectivity index (χ2v) is 11.7. The Labute approximate surface area is 238 Å². The first kappa shape index (κ1) is 30.4. The molecule has 1 N–H and O–H groups in total. The molecule has 2 aromatic rings. The van der Waals surface area contributed by atoms with E-state index >= 15 is 8.78 Å². The van der Waals surface area contributed by atoms with Gasteiger partial charge in [-0.15, -0.1) is 6.58 Å². The van der Waals surface area contributed by atoms with Crippen molar-refractivity contribution in [1.82, 2.24) is 0 Å². The summed E-state index contributed by atoms with van der Waals surface area (Å²) in [4.78, 5) is 0. The Morgan fingerprint density at radius 3 is 2.52 bits per heavy atom. The fourth-order valence-electron chi connectivity index (χ4n) is 6.48. The number of ether oxygens (including phenoxy) is 1. The summed E-state index contributed by atoms with van der Waals surface area (Å²) in [5, 5.41) is 10.3. The molecule has 4 rings (SSSR count). The van der Waals surface area contributed by atoms with Crippen molar-refractivity contribution < 1.29 is 23.0 Å². The van der Waals surface area contributed by atoms with Gasteiger partial charge in [0, 0.05) is 11.6 Å². The molecule has 0 aliphatic heterocycles. The minimum absolute atomic E-state index is 0.186. The molecule has 0 saturated heterocycles. The average molecular weight is 555 g/mol. The van der Waals surface area contributed by atoms with Crippen LogP contribution in [0.15, 0.2) is 49.1 Å². The van der Waals surface area contributed by atoms with Crippen LogP contribution in [0.4, 0.5) is 13.2 Å². The summed E-state index contributed by atoms with van der Waals surface area (Å²) in [6.07, 6.45) is 14.2. The Morgan fingerprint density at radius 1 is 1.05 bits per heavy atom. The number of aliphatic hydroxyl groups is 1. The van der Waals surface area contributed by atoms with Crippen LogP contribution < -0.4 is 4.74 Å². The summed E-state index contributed by atoms with van der Waals surface area (Å²) in [6, 6.07) is 8.69. The third kappa shape index (κ3) is 7.81. The Balaban J connectivity index is 1.27. The first-order valence-corrected chi connectivity index (χ1v) is 15.3. The molecule has 5 heteroatoms. The summed E-state index contributed by atoms with van der Waals surface area (Å²) >= 11 is 0. The molecule has 40 heavy (non-hydrogen) atoms. The van der Waals surface area contributed by atoms with E-state index in [1.807, 2.05) is 24.3 Å². The molecule has 2 atom stereocenters. The summed E-state index contributed by atoms with van der Waals surface area (Å²) in [5.74, 6) is -0.296. The number of allylic oxidation sites excluding steroid dienone is 3. The summed E-state index contributed by atoms with van der Waals surface area (Å²) in [6.45, 7) is 6.30. The highest BCUT2D eigenvalue weighted by molar-refractivity contribution is 5.67. The Kier molecular flexibility index (Phi) is 11.3. The van der Waals surface area contributed by atoms with E-state index in [1.165, 1.54) is 6.07 Å². The normalized spacial score (nSPS) is 22.0. The third-order valence-electron chi connectivity index (χ3n) is 8.99. The lowest BCUT2D eigenvalue weighted by atomic mass is 9.76. The molecule has 2 aromatic carbocycles. The van der Waals surface area contributed by atoms with E-state index in [1.54, 1.807) is 12.1 Å². The number of halogens is 3. The van der Waals surface area contributed by atoms with Crippen molar-refractivity contribution in [2.45, 2.75) is 102 Å². The standard InChI is InChI=1S/C35H45F3O2/c1-3-5-6-22-40-29-19-21-30(32(36)23-29)25-11-8-24(9-12-25)10-13-28-18-20-31(35(38)34(28)37)26-14-16-27(17-15-26)33(39)7-4-2/h3,14,18-21,23-25,27,33,39H,1,4-13,15-17,22H2,2H3. The van der Waals surface area contributed by atoms with Crippen LogP contribution in [0.5, 0.6) is 5.75 Å². The summed E-state index contributed by atoms with van der Waals surface area (Å²) in [7, 11) is 0. The number of benzene rings is 2. The molecule has 0 amide bonds. The molecular formula is C35H45F3O2. The first-order valence-electron chi connectivity index (χ1n) is 15.3. The van der Waals surface area contributed by atoms with Gasteiger partial charge < -0.3 is 9.84 Å². The van der Waals surface area contributed by atoms with E-state index in [0.717, 1.165) is 75.3 Å². The maximum atomic E-state index is 15.1. The number of hydrogen-bond donors (Lipinski definition) is 1. The highest BCUT2D eigenvalue weighted by atomic mass is 19.2. The van der Waals surface area contributed by atoms with E-state index < -0.39 is 11.6 Å². The molecule has 2 nitrogen and oxygen atoms in total. The van der Waals surface area contributed by atoms with Crippen molar-refractivity contribution in [3.63, 3.8) is 0 Å². The minimum Gasteiger partial charge on any atom is -0.493 e. The Hall–Kier alpha value is -2.53. The monoisotopic (exact) mass is 554 g/mol. The maximum Gasteiger partial charge on any atom is 0.166 e. The van der Waals surface area contributed by atoms with Crippen molar-refractivity contribution in [1.29, 1.82) is 0 Å². The zero-order valence-electron chi connectivity index (χ0n) is 23.9. The number of aryl methyl sites for hydroxylation is 1. The molecule has 218 valence electrons. The Morgan fingerprint density at radius 2 is 1.85 bits per heavy atom. The lowest BCUT2D eigenvalue weighted by Gasteiger charge is -2.29. The third-order valence-corrected chi connectivity index (χ3v) is 8.99. The van der Waals surface area contributed by atoms with E-state index in [-0.39, 0.29) is 23.8 Å². The van der Waals surface area contributed by atoms with Crippen LogP contribution in [0.1, 0.15) is 107 Å². The zero-order chi connectivity index (χ0) is 28.5. The van der Waals surface area contributed by atoms with Gasteiger partial charge in [-0.3, -0.25) is 0 Å². The van der Waals surface area contributed by atoms with Crippen LogP contribution in [0.25, 0.3) is 5.57 Å². The van der Waals surface area contributed by atoms with Gasteiger partial charge in [0.2, 0.25) is 0 Å². The number of rotatable bonds is 13. The van der Waals surface area contributed by atoms with Crippen LogP contribution in [-0.4, -0.2) is 17.8 Å². The largest absolute Gasteiger partial charge is 0.493 e. The van der Waals surface area contributed by atoms with Gasteiger partial charge in [-0.25, -0.2) is 13.2 Å². The predicted octanol–water partition coefficient (Wildman–Crippen LogP) is 9.70. The molecule has 0 radical (unpaired) electrons. The SMILES string of the molecule is C=CCCCOc1ccc(C2CCC(CCc3ccc(C4=CCC(C(O)CCC)CC4)c(F)c3F)CC2)c(F)c1. The second kappa shape index (κ2) is 14.9. The predicted molar refractivity (Wildman–Crippen MR) is 157 cm³/mol. The van der Waals surface area contributed by atoms with Gasteiger partial charge in [-0.05, 0) is 118 Å². The summed E-state index contributed by atoms with van der Waals surface area (Å²) < 4.78 is 50.6. The van der Waals surface area contributed by atoms with Gasteiger partial charge in [0.05, 0.1) is 12.7 Å². The molecule has 1 saturated carbocycles. The average Bonchev–Trinajstić information content (AvgIpc) is 2.97. The zero-order valence-corrected chi connectivity index (χ0v) is 23.9. The van der Waals surface area contributed by atoms with E-state index in [9.17, 15) is 9.50 Å². The van der Waals surface area contributed by atoms with Crippen molar-refractivity contribution in [2.24, 2.45) is 11.8 Å². The van der Waals surface area contributed by atoms with E-state index in [2.05, 4.69) is 13.5 Å². The summed E-state index contributed by atoms with van der Waals surface area (Å²) in [5.41, 5.74) is 2.40. The van der Waals surface area contributed by atoms with E-state index in [0.29, 0.717) is 48.7 Å². The number of hydrogen-bond acceptors (Lipinski definition) is 2.